The average Bonchev–Trinajstić information content (AvgIpc) is 3.38. The minimum atomic E-state index is -0.609. The van der Waals surface area contributed by atoms with Crippen molar-refractivity contribution in [2.24, 2.45) is 11.3 Å². The van der Waals surface area contributed by atoms with E-state index in [-0.39, 0.29) is 5.41 Å². The Balaban J connectivity index is 1.32. The molecule has 4 rings (SSSR count). The number of aryl methyl sites for hydroxylation is 1. The summed E-state index contributed by atoms with van der Waals surface area (Å²) in [5.41, 5.74) is 1.88. The van der Waals surface area contributed by atoms with Gasteiger partial charge in [-0.3, -0.25) is 9.69 Å². The van der Waals surface area contributed by atoms with E-state index in [1.54, 1.807) is 0 Å². The second-order valence-electron chi connectivity index (χ2n) is 10.2. The second-order valence-corrected chi connectivity index (χ2v) is 10.2. The average molecular weight is 385 g/mol. The van der Waals surface area contributed by atoms with Gasteiger partial charge in [-0.05, 0) is 82.4 Å². The lowest BCUT2D eigenvalue weighted by molar-refractivity contribution is -0.145. The van der Waals surface area contributed by atoms with Crippen LogP contribution in [0.25, 0.3) is 0 Å². The van der Waals surface area contributed by atoms with Gasteiger partial charge in [0, 0.05) is 26.2 Å². The molecule has 0 unspecified atom stereocenters. The van der Waals surface area contributed by atoms with Crippen LogP contribution in [0.1, 0.15) is 63.5 Å². The number of hydrogen-bond acceptors (Lipinski definition) is 3. The lowest BCUT2D eigenvalue weighted by Gasteiger charge is -2.39. The Morgan fingerprint density at radius 2 is 1.82 bits per heavy atom. The second kappa shape index (κ2) is 7.79. The van der Waals surface area contributed by atoms with Gasteiger partial charge in [-0.1, -0.05) is 24.3 Å². The number of rotatable bonds is 7. The summed E-state index contributed by atoms with van der Waals surface area (Å²) in [5.74, 6) is 1.22. The zero-order valence-electron chi connectivity index (χ0n) is 17.6. The first-order valence-electron chi connectivity index (χ1n) is 11.1. The van der Waals surface area contributed by atoms with Crippen molar-refractivity contribution >= 4 is 5.91 Å². The van der Waals surface area contributed by atoms with Crippen molar-refractivity contribution in [2.45, 2.75) is 70.9 Å². The van der Waals surface area contributed by atoms with Crippen LogP contribution in [-0.4, -0.2) is 52.6 Å². The number of carbonyl (C=O) groups is 1. The van der Waals surface area contributed by atoms with Crippen molar-refractivity contribution in [1.82, 2.24) is 9.80 Å². The largest absolute Gasteiger partial charge is 0.390 e. The molecule has 1 aliphatic carbocycles. The first kappa shape index (κ1) is 19.9. The maximum Gasteiger partial charge on any atom is 0.230 e. The summed E-state index contributed by atoms with van der Waals surface area (Å²) >= 11 is 0. The highest BCUT2D eigenvalue weighted by Gasteiger charge is 2.48. The first-order chi connectivity index (χ1) is 13.3. The third-order valence-corrected chi connectivity index (χ3v) is 6.89. The molecule has 2 aliphatic heterocycles. The third-order valence-electron chi connectivity index (χ3n) is 6.89. The lowest BCUT2D eigenvalue weighted by Crippen LogP contribution is -2.50. The molecule has 1 saturated carbocycles. The number of piperidine rings is 1. The molecule has 4 nitrogen and oxygen atoms in total. The van der Waals surface area contributed by atoms with Gasteiger partial charge in [0.1, 0.15) is 0 Å². The van der Waals surface area contributed by atoms with E-state index in [0.717, 1.165) is 64.3 Å². The number of hydrogen-bond donors (Lipinski definition) is 1. The zero-order valence-corrected chi connectivity index (χ0v) is 17.6. The SMILES string of the molecule is CC(C)(O)CCc1ccc(CN2CC[C@]3(CCCN(CC4CC4)C3=O)C2)cc1. The standard InChI is InChI=1S/C24H36N2O2/c1-23(2,28)12-10-19-4-6-20(7-5-19)16-25-15-13-24(18-25)11-3-14-26(22(24)27)17-21-8-9-21/h4-7,21,28H,3,8-18H2,1-2H3/t24-/m1/s1. The van der Waals surface area contributed by atoms with Crippen molar-refractivity contribution in [3.05, 3.63) is 35.4 Å². The number of likely N-dealkylation sites (tertiary alicyclic amines) is 2. The van der Waals surface area contributed by atoms with E-state index in [0.29, 0.717) is 5.91 Å². The molecule has 0 radical (unpaired) electrons. The molecule has 1 spiro atoms. The van der Waals surface area contributed by atoms with Gasteiger partial charge in [0.05, 0.1) is 11.0 Å². The summed E-state index contributed by atoms with van der Waals surface area (Å²) in [5, 5.41) is 9.90. The van der Waals surface area contributed by atoms with Crippen LogP contribution in [0.2, 0.25) is 0 Å². The van der Waals surface area contributed by atoms with Crippen molar-refractivity contribution in [3.8, 4) is 0 Å². The molecule has 3 fully saturated rings. The Morgan fingerprint density at radius 1 is 1.11 bits per heavy atom. The fourth-order valence-corrected chi connectivity index (χ4v) is 4.93. The number of carbonyl (C=O) groups excluding carboxylic acids is 1. The normalized spacial score (nSPS) is 26.4. The molecule has 1 aromatic rings. The smallest absolute Gasteiger partial charge is 0.230 e. The van der Waals surface area contributed by atoms with Gasteiger partial charge in [-0.15, -0.1) is 0 Å². The number of aliphatic hydroxyl groups is 1. The Hall–Kier alpha value is -1.39. The van der Waals surface area contributed by atoms with E-state index in [1.165, 1.54) is 30.4 Å². The van der Waals surface area contributed by atoms with Gasteiger partial charge in [0.15, 0.2) is 0 Å². The van der Waals surface area contributed by atoms with E-state index in [2.05, 4.69) is 34.1 Å². The van der Waals surface area contributed by atoms with Gasteiger partial charge in [0.2, 0.25) is 5.91 Å². The fourth-order valence-electron chi connectivity index (χ4n) is 4.93. The first-order valence-corrected chi connectivity index (χ1v) is 11.1. The van der Waals surface area contributed by atoms with Gasteiger partial charge >= 0.3 is 0 Å². The number of amides is 1. The zero-order chi connectivity index (χ0) is 19.8. The summed E-state index contributed by atoms with van der Waals surface area (Å²) in [6.07, 6.45) is 7.57. The van der Waals surface area contributed by atoms with Crippen LogP contribution >= 0.6 is 0 Å². The molecule has 3 aliphatic rings. The van der Waals surface area contributed by atoms with E-state index in [1.807, 2.05) is 13.8 Å². The van der Waals surface area contributed by atoms with E-state index < -0.39 is 5.60 Å². The molecule has 2 heterocycles. The monoisotopic (exact) mass is 384 g/mol. The Morgan fingerprint density at radius 3 is 2.50 bits per heavy atom. The lowest BCUT2D eigenvalue weighted by atomic mass is 9.78. The number of nitrogens with zero attached hydrogens (tertiary/aromatic N) is 2. The van der Waals surface area contributed by atoms with Crippen LogP contribution < -0.4 is 0 Å². The van der Waals surface area contributed by atoms with Crippen molar-refractivity contribution < 1.29 is 9.90 Å². The maximum absolute atomic E-state index is 13.2. The van der Waals surface area contributed by atoms with Gasteiger partial charge in [-0.2, -0.15) is 0 Å². The molecule has 28 heavy (non-hydrogen) atoms. The predicted molar refractivity (Wildman–Crippen MR) is 112 cm³/mol. The van der Waals surface area contributed by atoms with E-state index in [4.69, 9.17) is 0 Å². The number of benzene rings is 1. The van der Waals surface area contributed by atoms with E-state index in [9.17, 15) is 9.90 Å². The molecule has 0 bridgehead atoms. The molecule has 1 aromatic carbocycles. The van der Waals surface area contributed by atoms with Gasteiger partial charge < -0.3 is 10.0 Å². The van der Waals surface area contributed by atoms with Crippen molar-refractivity contribution in [1.29, 1.82) is 0 Å². The minimum Gasteiger partial charge on any atom is -0.390 e. The highest BCUT2D eigenvalue weighted by molar-refractivity contribution is 5.84. The van der Waals surface area contributed by atoms with E-state index >= 15 is 0 Å². The van der Waals surface area contributed by atoms with Gasteiger partial charge in [0.25, 0.3) is 0 Å². The highest BCUT2D eigenvalue weighted by Crippen LogP contribution is 2.42. The minimum absolute atomic E-state index is 0.111. The molecule has 1 N–H and O–H groups in total. The topological polar surface area (TPSA) is 43.8 Å². The predicted octanol–water partition coefficient (Wildman–Crippen LogP) is 3.61. The Kier molecular flexibility index (Phi) is 5.54. The molecule has 154 valence electrons. The Bertz CT molecular complexity index is 690. The third kappa shape index (κ3) is 4.77. The van der Waals surface area contributed by atoms with Gasteiger partial charge in [-0.25, -0.2) is 0 Å². The van der Waals surface area contributed by atoms with Crippen LogP contribution in [0.5, 0.6) is 0 Å². The molecule has 0 aromatic heterocycles. The van der Waals surface area contributed by atoms with Crippen molar-refractivity contribution in [2.75, 3.05) is 26.2 Å². The summed E-state index contributed by atoms with van der Waals surface area (Å²) < 4.78 is 0. The molecule has 1 amide bonds. The summed E-state index contributed by atoms with van der Waals surface area (Å²) in [4.78, 5) is 17.8. The highest BCUT2D eigenvalue weighted by atomic mass is 16.3. The van der Waals surface area contributed by atoms with Crippen LogP contribution in [0.3, 0.4) is 0 Å². The van der Waals surface area contributed by atoms with Crippen molar-refractivity contribution in [3.63, 3.8) is 0 Å². The molecular weight excluding hydrogens is 348 g/mol. The Labute approximate surface area is 169 Å². The molecule has 4 heteroatoms. The maximum atomic E-state index is 13.2. The fraction of sp³-hybridized carbons (Fsp3) is 0.708. The quantitative estimate of drug-likeness (QED) is 0.781. The van der Waals surface area contributed by atoms with Crippen LogP contribution in [0.4, 0.5) is 0 Å². The summed E-state index contributed by atoms with van der Waals surface area (Å²) in [7, 11) is 0. The molecular formula is C24H36N2O2. The van der Waals surface area contributed by atoms with Crippen LogP contribution in [0.15, 0.2) is 24.3 Å². The van der Waals surface area contributed by atoms with Crippen LogP contribution in [-0.2, 0) is 17.8 Å². The molecule has 1 atom stereocenters. The summed E-state index contributed by atoms with van der Waals surface area (Å²) in [6, 6.07) is 8.81. The summed E-state index contributed by atoms with van der Waals surface area (Å²) in [6.45, 7) is 8.60. The molecule has 2 saturated heterocycles. The van der Waals surface area contributed by atoms with Crippen LogP contribution in [0, 0.1) is 11.3 Å².